The van der Waals surface area contributed by atoms with Gasteiger partial charge in [0.15, 0.2) is 0 Å². The van der Waals surface area contributed by atoms with E-state index in [0.717, 1.165) is 5.75 Å². The largest absolute Gasteiger partial charge is 0.392 e. The van der Waals surface area contributed by atoms with Crippen molar-refractivity contribution in [3.8, 4) is 0 Å². The van der Waals surface area contributed by atoms with Crippen LogP contribution in [0.4, 0.5) is 0 Å². The summed E-state index contributed by atoms with van der Waals surface area (Å²) in [6, 6.07) is 7.79. The molecule has 0 fully saturated rings. The Morgan fingerprint density at radius 2 is 1.84 bits per heavy atom. The second-order valence-electron chi connectivity index (χ2n) is 5.03. The standard InChI is InChI=1S/C15H23NO2S/c1-11(2)16(9-12(3)17)15(18)14-7-5-13(6-8-14)10-19-4/h5-8,11-12,17H,9-10H2,1-4H3. The molecule has 19 heavy (non-hydrogen) atoms. The number of hydrogen-bond acceptors (Lipinski definition) is 3. The highest BCUT2D eigenvalue weighted by Gasteiger charge is 2.20. The van der Waals surface area contributed by atoms with Crippen LogP contribution < -0.4 is 0 Å². The Labute approximate surface area is 120 Å². The molecular formula is C15H23NO2S. The number of thioether (sulfide) groups is 1. The van der Waals surface area contributed by atoms with Crippen molar-refractivity contribution < 1.29 is 9.90 Å². The van der Waals surface area contributed by atoms with Gasteiger partial charge in [-0.1, -0.05) is 12.1 Å². The maximum absolute atomic E-state index is 12.4. The zero-order chi connectivity index (χ0) is 14.4. The van der Waals surface area contributed by atoms with E-state index in [1.54, 1.807) is 23.6 Å². The maximum atomic E-state index is 12.4. The Morgan fingerprint density at radius 1 is 1.26 bits per heavy atom. The Morgan fingerprint density at radius 3 is 2.26 bits per heavy atom. The lowest BCUT2D eigenvalue weighted by Crippen LogP contribution is -2.41. The number of hydrogen-bond donors (Lipinski definition) is 1. The van der Waals surface area contributed by atoms with E-state index < -0.39 is 6.10 Å². The monoisotopic (exact) mass is 281 g/mol. The molecule has 1 unspecified atom stereocenters. The fourth-order valence-corrected chi connectivity index (χ4v) is 2.41. The smallest absolute Gasteiger partial charge is 0.254 e. The molecule has 0 aliphatic carbocycles. The second kappa shape index (κ2) is 7.56. The molecule has 3 nitrogen and oxygen atoms in total. The molecule has 1 amide bonds. The number of rotatable bonds is 6. The summed E-state index contributed by atoms with van der Waals surface area (Å²) in [4.78, 5) is 14.1. The topological polar surface area (TPSA) is 40.5 Å². The van der Waals surface area contributed by atoms with Crippen LogP contribution in [0.1, 0.15) is 36.7 Å². The Kier molecular flexibility index (Phi) is 6.38. The van der Waals surface area contributed by atoms with Crippen LogP contribution >= 0.6 is 11.8 Å². The van der Waals surface area contributed by atoms with Gasteiger partial charge in [-0.3, -0.25) is 4.79 Å². The number of carbonyl (C=O) groups is 1. The first-order valence-electron chi connectivity index (χ1n) is 6.52. The summed E-state index contributed by atoms with van der Waals surface area (Å²) in [6.45, 7) is 5.98. The van der Waals surface area contributed by atoms with Crippen LogP contribution in [0.2, 0.25) is 0 Å². The molecule has 0 spiro atoms. The van der Waals surface area contributed by atoms with Gasteiger partial charge in [-0.25, -0.2) is 0 Å². The zero-order valence-corrected chi connectivity index (χ0v) is 12.9. The van der Waals surface area contributed by atoms with Crippen molar-refractivity contribution in [1.82, 2.24) is 4.90 Å². The van der Waals surface area contributed by atoms with Crippen molar-refractivity contribution in [3.63, 3.8) is 0 Å². The maximum Gasteiger partial charge on any atom is 0.254 e. The van der Waals surface area contributed by atoms with Crippen molar-refractivity contribution in [2.45, 2.75) is 38.7 Å². The molecule has 0 aromatic heterocycles. The number of benzene rings is 1. The molecule has 4 heteroatoms. The second-order valence-corrected chi connectivity index (χ2v) is 5.90. The van der Waals surface area contributed by atoms with E-state index in [0.29, 0.717) is 12.1 Å². The lowest BCUT2D eigenvalue weighted by Gasteiger charge is -2.28. The fraction of sp³-hybridized carbons (Fsp3) is 0.533. The predicted molar refractivity (Wildman–Crippen MR) is 81.5 cm³/mol. The van der Waals surface area contributed by atoms with Gasteiger partial charge in [0.1, 0.15) is 0 Å². The van der Waals surface area contributed by atoms with Crippen LogP contribution in [0.5, 0.6) is 0 Å². The van der Waals surface area contributed by atoms with E-state index in [4.69, 9.17) is 0 Å². The number of carbonyl (C=O) groups excluding carboxylic acids is 1. The minimum Gasteiger partial charge on any atom is -0.392 e. The minimum atomic E-state index is -0.512. The third-order valence-corrected chi connectivity index (χ3v) is 3.48. The van der Waals surface area contributed by atoms with Crippen LogP contribution in [-0.2, 0) is 5.75 Å². The van der Waals surface area contributed by atoms with Crippen LogP contribution in [0.15, 0.2) is 24.3 Å². The lowest BCUT2D eigenvalue weighted by molar-refractivity contribution is 0.0579. The highest BCUT2D eigenvalue weighted by Crippen LogP contribution is 2.13. The van der Waals surface area contributed by atoms with Crippen LogP contribution in [0.3, 0.4) is 0 Å². The summed E-state index contributed by atoms with van der Waals surface area (Å²) in [6.07, 6.45) is 1.55. The molecular weight excluding hydrogens is 258 g/mol. The Bertz CT molecular complexity index is 401. The third kappa shape index (κ3) is 4.88. The summed E-state index contributed by atoms with van der Waals surface area (Å²) < 4.78 is 0. The molecule has 1 atom stereocenters. The number of aliphatic hydroxyl groups excluding tert-OH is 1. The molecule has 0 saturated carbocycles. The quantitative estimate of drug-likeness (QED) is 0.871. The summed E-state index contributed by atoms with van der Waals surface area (Å²) in [5.41, 5.74) is 1.90. The molecule has 0 aliphatic rings. The van der Waals surface area contributed by atoms with Crippen LogP contribution in [-0.4, -0.2) is 40.9 Å². The summed E-state index contributed by atoms with van der Waals surface area (Å²) in [5, 5.41) is 9.48. The molecule has 1 rings (SSSR count). The van der Waals surface area contributed by atoms with Crippen molar-refractivity contribution >= 4 is 17.7 Å². The van der Waals surface area contributed by atoms with Gasteiger partial charge >= 0.3 is 0 Å². The predicted octanol–water partition coefficient (Wildman–Crippen LogP) is 2.78. The molecule has 1 aromatic rings. The molecule has 0 saturated heterocycles. The van der Waals surface area contributed by atoms with Crippen molar-refractivity contribution in [3.05, 3.63) is 35.4 Å². The molecule has 0 radical (unpaired) electrons. The minimum absolute atomic E-state index is 0.0217. The molecule has 1 N–H and O–H groups in total. The molecule has 0 aliphatic heterocycles. The van der Waals surface area contributed by atoms with Gasteiger partial charge in [0, 0.05) is 23.9 Å². The normalized spacial score (nSPS) is 12.5. The highest BCUT2D eigenvalue weighted by molar-refractivity contribution is 7.97. The van der Waals surface area contributed by atoms with E-state index in [9.17, 15) is 9.90 Å². The molecule has 0 bridgehead atoms. The van der Waals surface area contributed by atoms with Crippen molar-refractivity contribution in [2.24, 2.45) is 0 Å². The van der Waals surface area contributed by atoms with Crippen LogP contribution in [0.25, 0.3) is 0 Å². The number of nitrogens with zero attached hydrogens (tertiary/aromatic N) is 1. The van der Waals surface area contributed by atoms with E-state index >= 15 is 0 Å². The Balaban J connectivity index is 2.84. The average molecular weight is 281 g/mol. The van der Waals surface area contributed by atoms with Crippen molar-refractivity contribution in [1.29, 1.82) is 0 Å². The fourth-order valence-electron chi connectivity index (χ4n) is 1.89. The molecule has 106 valence electrons. The van der Waals surface area contributed by atoms with Gasteiger partial charge in [0.25, 0.3) is 5.91 Å². The van der Waals surface area contributed by atoms with Gasteiger partial charge in [-0.05, 0) is 44.7 Å². The first-order chi connectivity index (χ1) is 8.95. The highest BCUT2D eigenvalue weighted by atomic mass is 32.2. The summed E-state index contributed by atoms with van der Waals surface area (Å²) in [5.74, 6) is 0.933. The number of aliphatic hydroxyl groups is 1. The lowest BCUT2D eigenvalue weighted by atomic mass is 10.1. The van der Waals surface area contributed by atoms with Gasteiger partial charge < -0.3 is 10.0 Å². The summed E-state index contributed by atoms with van der Waals surface area (Å²) >= 11 is 1.76. The van der Waals surface area contributed by atoms with E-state index in [-0.39, 0.29) is 11.9 Å². The van der Waals surface area contributed by atoms with E-state index in [1.165, 1.54) is 5.56 Å². The van der Waals surface area contributed by atoms with Gasteiger partial charge in [0.2, 0.25) is 0 Å². The zero-order valence-electron chi connectivity index (χ0n) is 12.1. The van der Waals surface area contributed by atoms with Crippen LogP contribution in [0, 0.1) is 0 Å². The number of amides is 1. The third-order valence-electron chi connectivity index (χ3n) is 2.86. The van der Waals surface area contributed by atoms with E-state index in [2.05, 4.69) is 6.26 Å². The van der Waals surface area contributed by atoms with Gasteiger partial charge in [0.05, 0.1) is 6.10 Å². The Hall–Kier alpha value is -1.00. The van der Waals surface area contributed by atoms with E-state index in [1.807, 2.05) is 38.1 Å². The summed E-state index contributed by atoms with van der Waals surface area (Å²) in [7, 11) is 0. The SMILES string of the molecule is CSCc1ccc(C(=O)N(CC(C)O)C(C)C)cc1. The van der Waals surface area contributed by atoms with Gasteiger partial charge in [-0.2, -0.15) is 11.8 Å². The van der Waals surface area contributed by atoms with Gasteiger partial charge in [-0.15, -0.1) is 0 Å². The molecule has 0 heterocycles. The first kappa shape index (κ1) is 16.1. The van der Waals surface area contributed by atoms with Crippen molar-refractivity contribution in [2.75, 3.05) is 12.8 Å². The average Bonchev–Trinajstić information content (AvgIpc) is 2.36. The molecule has 1 aromatic carbocycles. The first-order valence-corrected chi connectivity index (χ1v) is 7.92.